The molecule has 1 aromatic carbocycles. The van der Waals surface area contributed by atoms with Gasteiger partial charge in [0.25, 0.3) is 0 Å². The molecule has 0 unspecified atom stereocenters. The van der Waals surface area contributed by atoms with Crippen molar-refractivity contribution in [1.29, 1.82) is 0 Å². The van der Waals surface area contributed by atoms with Crippen molar-refractivity contribution in [1.82, 2.24) is 0 Å². The molecule has 1 saturated heterocycles. The van der Waals surface area contributed by atoms with Crippen LogP contribution in [0.1, 0.15) is 39.7 Å². The van der Waals surface area contributed by atoms with Crippen LogP contribution in [-0.2, 0) is 14.0 Å². The predicted molar refractivity (Wildman–Crippen MR) is 108 cm³/mol. The Hall–Kier alpha value is -2.01. The number of hydrogen-bond donors (Lipinski definition) is 0. The van der Waals surface area contributed by atoms with Crippen LogP contribution in [0.25, 0.3) is 5.57 Å². The van der Waals surface area contributed by atoms with Crippen LogP contribution in [0.2, 0.25) is 0 Å². The van der Waals surface area contributed by atoms with Gasteiger partial charge in [-0.1, -0.05) is 18.1 Å². The van der Waals surface area contributed by atoms with Gasteiger partial charge in [-0.05, 0) is 45.8 Å². The fourth-order valence-corrected chi connectivity index (χ4v) is 2.90. The molecule has 0 aliphatic carbocycles. The summed E-state index contributed by atoms with van der Waals surface area (Å²) < 4.78 is 43.6. The average molecular weight is 390 g/mol. The minimum atomic E-state index is -1.12. The molecule has 0 N–H and O–H groups in total. The molecule has 2 rings (SSSR count). The lowest BCUT2D eigenvalue weighted by molar-refractivity contribution is 0.00578. The molecule has 152 valence electrons. The minimum absolute atomic E-state index is 0.153. The molecular weight excluding hydrogens is 362 g/mol. The number of terminal acetylenes is 1. The van der Waals surface area contributed by atoms with E-state index >= 15 is 4.39 Å². The highest BCUT2D eigenvalue weighted by atomic mass is 19.1. The first-order valence-electron chi connectivity index (χ1n) is 9.15. The third kappa shape index (κ3) is 4.52. The zero-order chi connectivity index (χ0) is 20.9. The second-order valence-corrected chi connectivity index (χ2v) is 7.46. The van der Waals surface area contributed by atoms with E-state index in [4.69, 9.17) is 29.9 Å². The minimum Gasteiger partial charge on any atom is -0.493 e. The molecule has 0 bridgehead atoms. The number of methoxy groups -OCH3 is 2. The van der Waals surface area contributed by atoms with Gasteiger partial charge in [-0.3, -0.25) is 0 Å². The Kier molecular flexibility index (Phi) is 7.16. The lowest BCUT2D eigenvalue weighted by atomic mass is 9.81. The Bertz CT molecular complexity index is 751. The van der Waals surface area contributed by atoms with Crippen LogP contribution in [-0.4, -0.2) is 45.8 Å². The van der Waals surface area contributed by atoms with Crippen LogP contribution >= 0.6 is 0 Å². The van der Waals surface area contributed by atoms with Crippen molar-refractivity contribution in [3.63, 3.8) is 0 Å². The fourth-order valence-electron chi connectivity index (χ4n) is 2.90. The van der Waals surface area contributed by atoms with Crippen LogP contribution in [0.5, 0.6) is 11.5 Å². The SMILES string of the molecule is C#CCOCCC(=C(F)B1OC(C)(C)C(C)(C)O1)c1cccc(OC)c1OC. The number of benzene rings is 1. The molecule has 5 nitrogen and oxygen atoms in total. The molecule has 1 aliphatic rings. The van der Waals surface area contributed by atoms with Crippen LogP contribution in [0.3, 0.4) is 0 Å². The monoisotopic (exact) mass is 390 g/mol. The topological polar surface area (TPSA) is 46.2 Å². The maximum Gasteiger partial charge on any atom is 0.525 e. The van der Waals surface area contributed by atoms with Gasteiger partial charge in [0.15, 0.2) is 11.5 Å². The van der Waals surface area contributed by atoms with E-state index in [9.17, 15) is 0 Å². The Morgan fingerprint density at radius 2 is 1.79 bits per heavy atom. The smallest absolute Gasteiger partial charge is 0.493 e. The number of ether oxygens (including phenoxy) is 3. The van der Waals surface area contributed by atoms with E-state index in [1.54, 1.807) is 18.2 Å². The van der Waals surface area contributed by atoms with Crippen LogP contribution in [0, 0.1) is 12.3 Å². The van der Waals surface area contributed by atoms with Gasteiger partial charge in [0.1, 0.15) is 12.3 Å². The standard InChI is InChI=1S/C21H28BFO5/c1-8-13-26-14-12-16(15-10-9-11-17(24-6)18(15)25-7)19(23)22-27-20(2,3)21(4,5)28-22/h1,9-11H,12-14H2,2-7H3. The van der Waals surface area contributed by atoms with Gasteiger partial charge in [-0.15, -0.1) is 6.42 Å². The second-order valence-electron chi connectivity index (χ2n) is 7.46. The summed E-state index contributed by atoms with van der Waals surface area (Å²) >= 11 is 0. The predicted octanol–water partition coefficient (Wildman–Crippen LogP) is 4.06. The molecule has 1 fully saturated rings. The van der Waals surface area contributed by atoms with E-state index in [1.807, 2.05) is 27.7 Å². The summed E-state index contributed by atoms with van der Waals surface area (Å²) in [4.78, 5) is 0. The first kappa shape index (κ1) is 22.3. The summed E-state index contributed by atoms with van der Waals surface area (Å²) in [6.07, 6.45) is 5.49. The van der Waals surface area contributed by atoms with Crippen molar-refractivity contribution in [2.45, 2.75) is 45.3 Å². The van der Waals surface area contributed by atoms with E-state index in [0.29, 0.717) is 22.6 Å². The Balaban J connectivity index is 2.48. The largest absolute Gasteiger partial charge is 0.525 e. The van der Waals surface area contributed by atoms with E-state index in [2.05, 4.69) is 5.92 Å². The van der Waals surface area contributed by atoms with Crippen molar-refractivity contribution in [3.8, 4) is 23.8 Å². The molecule has 0 amide bonds. The number of hydrogen-bond acceptors (Lipinski definition) is 5. The molecule has 28 heavy (non-hydrogen) atoms. The third-order valence-electron chi connectivity index (χ3n) is 5.16. The maximum atomic E-state index is 15.6. The van der Waals surface area contributed by atoms with Gasteiger partial charge < -0.3 is 23.5 Å². The van der Waals surface area contributed by atoms with Crippen LogP contribution < -0.4 is 9.47 Å². The Morgan fingerprint density at radius 3 is 2.32 bits per heavy atom. The molecule has 1 aliphatic heterocycles. The fraction of sp³-hybridized carbons (Fsp3) is 0.524. The lowest BCUT2D eigenvalue weighted by Gasteiger charge is -2.32. The molecule has 0 aromatic heterocycles. The highest BCUT2D eigenvalue weighted by Gasteiger charge is 2.53. The van der Waals surface area contributed by atoms with E-state index in [0.717, 1.165) is 0 Å². The highest BCUT2D eigenvalue weighted by molar-refractivity contribution is 6.55. The van der Waals surface area contributed by atoms with E-state index < -0.39 is 24.0 Å². The van der Waals surface area contributed by atoms with Gasteiger partial charge in [0, 0.05) is 5.56 Å². The first-order valence-corrected chi connectivity index (χ1v) is 9.15. The summed E-state index contributed by atoms with van der Waals surface area (Å²) in [5, 5.41) is 0. The van der Waals surface area contributed by atoms with Crippen molar-refractivity contribution < 1.29 is 27.9 Å². The van der Waals surface area contributed by atoms with Crippen LogP contribution in [0.4, 0.5) is 4.39 Å². The lowest BCUT2D eigenvalue weighted by Crippen LogP contribution is -2.41. The zero-order valence-corrected chi connectivity index (χ0v) is 17.4. The molecule has 0 radical (unpaired) electrons. The number of para-hydroxylation sites is 1. The molecule has 1 heterocycles. The molecule has 0 spiro atoms. The molecule has 7 heteroatoms. The Morgan fingerprint density at radius 1 is 1.14 bits per heavy atom. The Labute approximate surface area is 167 Å². The molecule has 0 atom stereocenters. The number of halogens is 1. The zero-order valence-electron chi connectivity index (χ0n) is 17.4. The van der Waals surface area contributed by atoms with Crippen LogP contribution in [0.15, 0.2) is 23.9 Å². The highest BCUT2D eigenvalue weighted by Crippen LogP contribution is 2.43. The van der Waals surface area contributed by atoms with E-state index in [-0.39, 0.29) is 19.6 Å². The molecule has 0 saturated carbocycles. The van der Waals surface area contributed by atoms with Gasteiger partial charge in [0.05, 0.1) is 32.0 Å². The first-order chi connectivity index (χ1) is 13.2. The van der Waals surface area contributed by atoms with Gasteiger partial charge in [-0.2, -0.15) is 0 Å². The molecule has 1 aromatic rings. The third-order valence-corrected chi connectivity index (χ3v) is 5.16. The van der Waals surface area contributed by atoms with Crippen molar-refractivity contribution in [2.75, 3.05) is 27.4 Å². The van der Waals surface area contributed by atoms with Crippen molar-refractivity contribution in [2.24, 2.45) is 0 Å². The summed E-state index contributed by atoms with van der Waals surface area (Å²) in [6.45, 7) is 7.90. The molecular formula is C21H28BFO5. The number of rotatable bonds is 8. The summed E-state index contributed by atoms with van der Waals surface area (Å²) in [7, 11) is 1.93. The van der Waals surface area contributed by atoms with E-state index in [1.165, 1.54) is 14.2 Å². The summed E-state index contributed by atoms with van der Waals surface area (Å²) in [5.41, 5.74) is -0.906. The van der Waals surface area contributed by atoms with Crippen molar-refractivity contribution in [3.05, 3.63) is 29.5 Å². The van der Waals surface area contributed by atoms with Crippen molar-refractivity contribution >= 4 is 12.7 Å². The normalized spacial score (nSPS) is 18.4. The van der Waals surface area contributed by atoms with Gasteiger partial charge in [0.2, 0.25) is 0 Å². The van der Waals surface area contributed by atoms with Gasteiger partial charge in [-0.25, -0.2) is 4.39 Å². The summed E-state index contributed by atoms with van der Waals surface area (Å²) in [5.74, 6) is 3.34. The quantitative estimate of drug-likeness (QED) is 0.381. The van der Waals surface area contributed by atoms with Gasteiger partial charge >= 0.3 is 7.12 Å². The maximum absolute atomic E-state index is 15.6. The average Bonchev–Trinajstić information content (AvgIpc) is 2.88. The second kappa shape index (κ2) is 9.00. The summed E-state index contributed by atoms with van der Waals surface area (Å²) in [6, 6.07) is 5.29.